The molecule has 4 heterocycles. The zero-order chi connectivity index (χ0) is 19.9. The van der Waals surface area contributed by atoms with Crippen LogP contribution in [0.15, 0.2) is 33.9 Å². The SMILES string of the molecule is Cc1noc(C)c1S(=O)(=O)N1CCN(c2ccc(-n3ccnc3C)nn2)CC1. The van der Waals surface area contributed by atoms with Crippen molar-refractivity contribution in [2.45, 2.75) is 25.7 Å². The first-order chi connectivity index (χ1) is 13.4. The number of imidazole rings is 1. The van der Waals surface area contributed by atoms with Gasteiger partial charge >= 0.3 is 0 Å². The average molecular weight is 403 g/mol. The van der Waals surface area contributed by atoms with E-state index in [0.29, 0.717) is 43.5 Å². The molecule has 0 aromatic carbocycles. The van der Waals surface area contributed by atoms with Crippen LogP contribution in [0.1, 0.15) is 17.3 Å². The normalized spacial score (nSPS) is 15.9. The van der Waals surface area contributed by atoms with Crippen LogP contribution in [-0.2, 0) is 10.0 Å². The predicted octanol–water partition coefficient (Wildman–Crippen LogP) is 1.09. The third kappa shape index (κ3) is 3.16. The lowest BCUT2D eigenvalue weighted by molar-refractivity contribution is 0.377. The molecule has 0 atom stereocenters. The first kappa shape index (κ1) is 18.6. The van der Waals surface area contributed by atoms with Crippen molar-refractivity contribution in [2.24, 2.45) is 0 Å². The Morgan fingerprint density at radius 1 is 1.00 bits per heavy atom. The topological polar surface area (TPSA) is 110 Å². The molecule has 1 aliphatic rings. The van der Waals surface area contributed by atoms with Crippen LogP contribution in [0.5, 0.6) is 0 Å². The molecule has 0 radical (unpaired) electrons. The third-order valence-corrected chi connectivity index (χ3v) is 6.98. The Morgan fingerprint density at radius 3 is 2.21 bits per heavy atom. The maximum atomic E-state index is 12.9. The molecule has 4 rings (SSSR count). The van der Waals surface area contributed by atoms with Gasteiger partial charge in [0.15, 0.2) is 17.4 Å². The fourth-order valence-electron chi connectivity index (χ4n) is 3.36. The maximum Gasteiger partial charge on any atom is 0.248 e. The van der Waals surface area contributed by atoms with Crippen LogP contribution in [-0.4, -0.2) is 63.8 Å². The Morgan fingerprint density at radius 2 is 1.68 bits per heavy atom. The maximum absolute atomic E-state index is 12.9. The number of aromatic nitrogens is 5. The molecule has 3 aromatic heterocycles. The van der Waals surface area contributed by atoms with E-state index in [9.17, 15) is 8.42 Å². The monoisotopic (exact) mass is 403 g/mol. The molecule has 148 valence electrons. The average Bonchev–Trinajstić information content (AvgIpc) is 3.27. The van der Waals surface area contributed by atoms with Crippen molar-refractivity contribution in [2.75, 3.05) is 31.1 Å². The summed E-state index contributed by atoms with van der Waals surface area (Å²) in [4.78, 5) is 6.37. The number of aryl methyl sites for hydroxylation is 3. The zero-order valence-electron chi connectivity index (χ0n) is 15.9. The van der Waals surface area contributed by atoms with E-state index in [-0.39, 0.29) is 4.90 Å². The van der Waals surface area contributed by atoms with E-state index in [1.54, 1.807) is 20.0 Å². The van der Waals surface area contributed by atoms with E-state index in [4.69, 9.17) is 4.52 Å². The van der Waals surface area contributed by atoms with Crippen molar-refractivity contribution < 1.29 is 12.9 Å². The van der Waals surface area contributed by atoms with E-state index >= 15 is 0 Å². The summed E-state index contributed by atoms with van der Waals surface area (Å²) in [5.41, 5.74) is 0.385. The van der Waals surface area contributed by atoms with Gasteiger partial charge in [-0.15, -0.1) is 10.2 Å². The molecule has 3 aromatic rings. The highest BCUT2D eigenvalue weighted by Gasteiger charge is 2.33. The van der Waals surface area contributed by atoms with Gasteiger partial charge in [0.2, 0.25) is 10.0 Å². The van der Waals surface area contributed by atoms with E-state index in [1.165, 1.54) is 4.31 Å². The van der Waals surface area contributed by atoms with Gasteiger partial charge in [-0.2, -0.15) is 4.31 Å². The van der Waals surface area contributed by atoms with Crippen LogP contribution in [0, 0.1) is 20.8 Å². The molecule has 0 N–H and O–H groups in total. The van der Waals surface area contributed by atoms with E-state index < -0.39 is 10.0 Å². The smallest absolute Gasteiger partial charge is 0.248 e. The third-order valence-electron chi connectivity index (χ3n) is 4.84. The highest BCUT2D eigenvalue weighted by atomic mass is 32.2. The quantitative estimate of drug-likeness (QED) is 0.637. The van der Waals surface area contributed by atoms with Crippen molar-refractivity contribution in [3.63, 3.8) is 0 Å². The van der Waals surface area contributed by atoms with Crippen LogP contribution in [0.3, 0.4) is 0 Å². The van der Waals surface area contributed by atoms with Crippen LogP contribution >= 0.6 is 0 Å². The van der Waals surface area contributed by atoms with Gasteiger partial charge in [0, 0.05) is 38.6 Å². The number of hydrogen-bond acceptors (Lipinski definition) is 8. The highest BCUT2D eigenvalue weighted by Crippen LogP contribution is 2.25. The number of sulfonamides is 1. The van der Waals surface area contributed by atoms with Crippen LogP contribution < -0.4 is 4.90 Å². The summed E-state index contributed by atoms with van der Waals surface area (Å²) in [6.07, 6.45) is 3.54. The van der Waals surface area contributed by atoms with Crippen LogP contribution in [0.4, 0.5) is 5.82 Å². The zero-order valence-corrected chi connectivity index (χ0v) is 16.7. The molecule has 28 heavy (non-hydrogen) atoms. The Balaban J connectivity index is 1.46. The first-order valence-electron chi connectivity index (χ1n) is 8.90. The summed E-state index contributed by atoms with van der Waals surface area (Å²) >= 11 is 0. The van der Waals surface area contributed by atoms with Crippen LogP contribution in [0.2, 0.25) is 0 Å². The summed E-state index contributed by atoms with van der Waals surface area (Å²) in [7, 11) is -3.62. The highest BCUT2D eigenvalue weighted by molar-refractivity contribution is 7.89. The van der Waals surface area contributed by atoms with E-state index in [0.717, 1.165) is 11.6 Å². The van der Waals surface area contributed by atoms with E-state index in [2.05, 4.69) is 20.3 Å². The first-order valence-corrected chi connectivity index (χ1v) is 10.3. The Hall–Kier alpha value is -2.79. The number of nitrogens with zero attached hydrogens (tertiary/aromatic N) is 7. The molecule has 0 spiro atoms. The fourth-order valence-corrected chi connectivity index (χ4v) is 5.08. The molecule has 1 aliphatic heterocycles. The number of rotatable bonds is 4. The summed E-state index contributed by atoms with van der Waals surface area (Å²) < 4.78 is 34.2. The minimum absolute atomic E-state index is 0.167. The summed E-state index contributed by atoms with van der Waals surface area (Å²) in [5, 5.41) is 12.3. The van der Waals surface area contributed by atoms with Gasteiger partial charge < -0.3 is 9.42 Å². The molecule has 10 nitrogen and oxygen atoms in total. The van der Waals surface area contributed by atoms with Crippen molar-refractivity contribution >= 4 is 15.8 Å². The van der Waals surface area contributed by atoms with Gasteiger partial charge in [0.1, 0.15) is 16.4 Å². The molecule has 0 bridgehead atoms. The van der Waals surface area contributed by atoms with Gasteiger partial charge in [-0.1, -0.05) is 5.16 Å². The van der Waals surface area contributed by atoms with Gasteiger partial charge in [-0.25, -0.2) is 13.4 Å². The predicted molar refractivity (Wildman–Crippen MR) is 101 cm³/mol. The lowest BCUT2D eigenvalue weighted by Crippen LogP contribution is -2.49. The second kappa shape index (κ2) is 6.99. The Bertz CT molecular complexity index is 1060. The molecule has 1 fully saturated rings. The standard InChI is InChI=1S/C17H21N7O3S/c1-12-17(13(2)27-21-12)28(25,26)23-10-8-22(9-11-23)15-4-5-16(20-19-15)24-7-6-18-14(24)3/h4-7H,8-11H2,1-3H3. The number of hydrogen-bond donors (Lipinski definition) is 0. The molecule has 0 aliphatic carbocycles. The molecule has 11 heteroatoms. The Kier molecular flexibility index (Phi) is 4.63. The molecule has 0 saturated carbocycles. The Labute approximate surface area is 162 Å². The van der Waals surface area contributed by atoms with Crippen molar-refractivity contribution in [3.05, 3.63) is 41.8 Å². The summed E-state index contributed by atoms with van der Waals surface area (Å²) in [6.45, 7) is 6.92. The van der Waals surface area contributed by atoms with Crippen molar-refractivity contribution in [3.8, 4) is 5.82 Å². The fraction of sp³-hybridized carbons (Fsp3) is 0.412. The largest absolute Gasteiger partial charge is 0.360 e. The van der Waals surface area contributed by atoms with Gasteiger partial charge in [-0.05, 0) is 32.9 Å². The van der Waals surface area contributed by atoms with Gasteiger partial charge in [0.25, 0.3) is 0 Å². The minimum Gasteiger partial charge on any atom is -0.360 e. The van der Waals surface area contributed by atoms with Crippen molar-refractivity contribution in [1.82, 2.24) is 29.2 Å². The molecular formula is C17H21N7O3S. The number of anilines is 1. The lowest BCUT2D eigenvalue weighted by Gasteiger charge is -2.34. The van der Waals surface area contributed by atoms with Gasteiger partial charge in [-0.3, -0.25) is 4.57 Å². The van der Waals surface area contributed by atoms with Crippen LogP contribution in [0.25, 0.3) is 5.82 Å². The summed E-state index contributed by atoms with van der Waals surface area (Å²) in [6, 6.07) is 3.77. The number of piperazine rings is 1. The van der Waals surface area contributed by atoms with Crippen molar-refractivity contribution in [1.29, 1.82) is 0 Å². The van der Waals surface area contributed by atoms with Gasteiger partial charge in [0.05, 0.1) is 0 Å². The second-order valence-electron chi connectivity index (χ2n) is 6.64. The molecule has 1 saturated heterocycles. The summed E-state index contributed by atoms with van der Waals surface area (Å²) in [5.74, 6) is 2.56. The van der Waals surface area contributed by atoms with E-state index in [1.807, 2.05) is 34.7 Å². The minimum atomic E-state index is -3.62. The molecule has 0 amide bonds. The molecular weight excluding hydrogens is 382 g/mol. The molecule has 0 unspecified atom stereocenters. The lowest BCUT2D eigenvalue weighted by atomic mass is 10.3. The second-order valence-corrected chi connectivity index (χ2v) is 8.51.